The number of nitrogens with zero attached hydrogens (tertiary/aromatic N) is 3. The Balaban J connectivity index is 1.55. The van der Waals surface area contributed by atoms with E-state index in [2.05, 4.69) is 120 Å². The van der Waals surface area contributed by atoms with E-state index >= 15 is 0 Å². The number of unbranched alkanes of at least 4 members (excludes halogenated alkanes) is 1. The third-order valence-electron chi connectivity index (χ3n) is 7.20. The lowest BCUT2D eigenvalue weighted by Gasteiger charge is -2.25. The molecule has 0 bridgehead atoms. The van der Waals surface area contributed by atoms with Crippen molar-refractivity contribution >= 4 is 0 Å². The number of rotatable bonds is 14. The van der Waals surface area contributed by atoms with Gasteiger partial charge in [-0.3, -0.25) is 4.90 Å². The molecule has 0 unspecified atom stereocenters. The fourth-order valence-electron chi connectivity index (χ4n) is 5.17. The topological polar surface area (TPSA) is 50.5 Å². The van der Waals surface area contributed by atoms with E-state index in [1.54, 1.807) is 0 Å². The molecule has 0 aliphatic carbocycles. The van der Waals surface area contributed by atoms with E-state index in [-0.39, 0.29) is 6.61 Å². The van der Waals surface area contributed by atoms with E-state index in [0.717, 1.165) is 67.4 Å². The van der Waals surface area contributed by atoms with Crippen LogP contribution < -0.4 is 4.74 Å². The van der Waals surface area contributed by atoms with E-state index in [4.69, 9.17) is 14.8 Å². The largest absolute Gasteiger partial charge is 0.491 e. The fourth-order valence-corrected chi connectivity index (χ4v) is 5.17. The van der Waals surface area contributed by atoms with E-state index < -0.39 is 0 Å². The first-order valence-electron chi connectivity index (χ1n) is 14.5. The normalized spacial score (nSPS) is 11.2. The smallest absolute Gasteiger partial charge is 0.140 e. The zero-order valence-corrected chi connectivity index (χ0v) is 23.8. The van der Waals surface area contributed by atoms with Crippen LogP contribution in [0, 0.1) is 0 Å². The van der Waals surface area contributed by atoms with Gasteiger partial charge in [-0.05, 0) is 29.7 Å². The molecule has 5 aromatic rings. The Hall–Kier alpha value is -4.19. The molecule has 210 valence electrons. The third-order valence-corrected chi connectivity index (χ3v) is 7.20. The van der Waals surface area contributed by atoms with Gasteiger partial charge in [-0.2, -0.15) is 0 Å². The summed E-state index contributed by atoms with van der Waals surface area (Å²) in [5.74, 6) is 1.80. The molecule has 1 aromatic heterocycles. The zero-order valence-electron chi connectivity index (χ0n) is 23.8. The van der Waals surface area contributed by atoms with Gasteiger partial charge in [-0.25, -0.2) is 4.98 Å². The predicted molar refractivity (Wildman–Crippen MR) is 166 cm³/mol. The molecular weight excluding hydrogens is 506 g/mol. The summed E-state index contributed by atoms with van der Waals surface area (Å²) in [6.07, 6.45) is 2.20. The molecule has 0 aliphatic heterocycles. The molecule has 5 rings (SSSR count). The van der Waals surface area contributed by atoms with Crippen molar-refractivity contribution in [1.29, 1.82) is 0 Å². The quantitative estimate of drug-likeness (QED) is 0.156. The molecule has 1 N–H and O–H groups in total. The monoisotopic (exact) mass is 545 g/mol. The number of hydrogen-bond donors (Lipinski definition) is 1. The van der Waals surface area contributed by atoms with Gasteiger partial charge in [0.15, 0.2) is 0 Å². The van der Waals surface area contributed by atoms with Gasteiger partial charge < -0.3 is 14.4 Å². The van der Waals surface area contributed by atoms with E-state index in [9.17, 15) is 0 Å². The molecule has 1 heterocycles. The molecule has 0 saturated carbocycles. The first-order chi connectivity index (χ1) is 20.2. The Labute approximate surface area is 243 Å². The zero-order chi connectivity index (χ0) is 28.3. The summed E-state index contributed by atoms with van der Waals surface area (Å²) in [6.45, 7) is 5.82. The van der Waals surface area contributed by atoms with Crippen LogP contribution in [0.2, 0.25) is 0 Å². The van der Waals surface area contributed by atoms with Crippen LogP contribution in [-0.4, -0.2) is 32.8 Å². The lowest BCUT2D eigenvalue weighted by atomic mass is 10.1. The van der Waals surface area contributed by atoms with Crippen molar-refractivity contribution in [3.05, 3.63) is 132 Å². The number of aliphatic hydroxyl groups excluding tert-OH is 1. The van der Waals surface area contributed by atoms with Gasteiger partial charge in [0, 0.05) is 37.3 Å². The summed E-state index contributed by atoms with van der Waals surface area (Å²) in [7, 11) is 0. The van der Waals surface area contributed by atoms with Gasteiger partial charge >= 0.3 is 0 Å². The average molecular weight is 546 g/mol. The van der Waals surface area contributed by atoms with Crippen LogP contribution in [0.3, 0.4) is 0 Å². The molecule has 0 atom stereocenters. The molecule has 0 fully saturated rings. The summed E-state index contributed by atoms with van der Waals surface area (Å²) in [4.78, 5) is 7.81. The summed E-state index contributed by atoms with van der Waals surface area (Å²) in [5, 5.41) is 9.10. The molecular formula is C36H39N3O2. The van der Waals surface area contributed by atoms with Gasteiger partial charge in [-0.1, -0.05) is 116 Å². The predicted octanol–water partition coefficient (Wildman–Crippen LogP) is 7.59. The molecule has 5 heteroatoms. The van der Waals surface area contributed by atoms with Gasteiger partial charge in [0.25, 0.3) is 0 Å². The minimum Gasteiger partial charge on any atom is -0.491 e. The standard InChI is InChI=1S/C36H39N3O2/c1-2-3-23-39-34(35(31-15-9-5-10-16-31)37-36(39)32-17-11-6-12-18-32)28-38(26-29-13-7-4-8-14-29)27-30-19-21-33(22-20-30)41-25-24-40/h4-22,40H,2-3,23-28H2,1H3. The van der Waals surface area contributed by atoms with Crippen LogP contribution in [0.15, 0.2) is 115 Å². The maximum Gasteiger partial charge on any atom is 0.140 e. The molecule has 0 saturated heterocycles. The van der Waals surface area contributed by atoms with Gasteiger partial charge in [-0.15, -0.1) is 0 Å². The SMILES string of the molecule is CCCCn1c(-c2ccccc2)nc(-c2ccccc2)c1CN(Cc1ccccc1)Cc1ccc(OCCO)cc1. The second-order valence-electron chi connectivity index (χ2n) is 10.3. The van der Waals surface area contributed by atoms with Crippen LogP contribution in [0.25, 0.3) is 22.6 Å². The minimum absolute atomic E-state index is 0.00698. The van der Waals surface area contributed by atoms with Gasteiger partial charge in [0.2, 0.25) is 0 Å². The minimum atomic E-state index is 0.00698. The number of aliphatic hydroxyl groups is 1. The Bertz CT molecular complexity index is 1470. The van der Waals surface area contributed by atoms with E-state index in [1.807, 2.05) is 12.1 Å². The summed E-state index contributed by atoms with van der Waals surface area (Å²) in [6, 6.07) is 40.0. The molecule has 0 radical (unpaired) electrons. The maximum absolute atomic E-state index is 9.10. The second kappa shape index (κ2) is 14.4. The van der Waals surface area contributed by atoms with Crippen molar-refractivity contribution in [2.75, 3.05) is 13.2 Å². The van der Waals surface area contributed by atoms with Crippen molar-refractivity contribution in [1.82, 2.24) is 14.5 Å². The van der Waals surface area contributed by atoms with Crippen LogP contribution in [0.1, 0.15) is 36.6 Å². The first kappa shape index (κ1) is 28.3. The Morgan fingerprint density at radius 1 is 0.707 bits per heavy atom. The highest BCUT2D eigenvalue weighted by Crippen LogP contribution is 2.32. The van der Waals surface area contributed by atoms with Crippen LogP contribution in [-0.2, 0) is 26.2 Å². The Morgan fingerprint density at radius 3 is 1.90 bits per heavy atom. The first-order valence-corrected chi connectivity index (χ1v) is 14.5. The van der Waals surface area contributed by atoms with Crippen LogP contribution in [0.5, 0.6) is 5.75 Å². The van der Waals surface area contributed by atoms with Crippen molar-refractivity contribution in [2.45, 2.75) is 45.9 Å². The van der Waals surface area contributed by atoms with E-state index in [0.29, 0.717) is 6.61 Å². The summed E-state index contributed by atoms with van der Waals surface area (Å²) in [5.41, 5.74) is 7.05. The van der Waals surface area contributed by atoms with Crippen molar-refractivity contribution in [3.63, 3.8) is 0 Å². The lowest BCUT2D eigenvalue weighted by Crippen LogP contribution is -2.24. The summed E-state index contributed by atoms with van der Waals surface area (Å²) < 4.78 is 8.04. The number of aromatic nitrogens is 2. The Kier molecular flexibility index (Phi) is 9.99. The molecule has 41 heavy (non-hydrogen) atoms. The van der Waals surface area contributed by atoms with Crippen molar-refractivity contribution in [2.24, 2.45) is 0 Å². The molecule has 0 spiro atoms. The number of imidazole rings is 1. The van der Waals surface area contributed by atoms with E-state index in [1.165, 1.54) is 16.8 Å². The fraction of sp³-hybridized carbons (Fsp3) is 0.250. The van der Waals surface area contributed by atoms with Gasteiger partial charge in [0.1, 0.15) is 18.2 Å². The van der Waals surface area contributed by atoms with Crippen LogP contribution >= 0.6 is 0 Å². The maximum atomic E-state index is 9.10. The highest BCUT2D eigenvalue weighted by atomic mass is 16.5. The number of ether oxygens (including phenoxy) is 1. The van der Waals surface area contributed by atoms with Gasteiger partial charge in [0.05, 0.1) is 18.0 Å². The van der Waals surface area contributed by atoms with Crippen molar-refractivity contribution < 1.29 is 9.84 Å². The average Bonchev–Trinajstić information content (AvgIpc) is 3.38. The highest BCUT2D eigenvalue weighted by Gasteiger charge is 2.22. The van der Waals surface area contributed by atoms with Crippen LogP contribution in [0.4, 0.5) is 0 Å². The highest BCUT2D eigenvalue weighted by molar-refractivity contribution is 5.68. The molecule has 0 aliphatic rings. The molecule has 0 amide bonds. The number of benzene rings is 4. The third kappa shape index (κ3) is 7.51. The van der Waals surface area contributed by atoms with Crippen molar-refractivity contribution in [3.8, 4) is 28.4 Å². The lowest BCUT2D eigenvalue weighted by molar-refractivity contribution is 0.201. The molecule has 5 nitrogen and oxygen atoms in total. The summed E-state index contributed by atoms with van der Waals surface area (Å²) >= 11 is 0. The molecule has 4 aromatic carbocycles. The Morgan fingerprint density at radius 2 is 1.29 bits per heavy atom. The second-order valence-corrected chi connectivity index (χ2v) is 10.3. The number of hydrogen-bond acceptors (Lipinski definition) is 4.